The summed E-state index contributed by atoms with van der Waals surface area (Å²) >= 11 is 0. The molecule has 0 bridgehead atoms. The molecule has 1 rings (SSSR count). The molecule has 7 atom stereocenters. The Hall–Kier alpha value is -1.63. The number of allylic oxidation sites excluding steroid dienone is 2. The third kappa shape index (κ3) is 34.5. The van der Waals surface area contributed by atoms with Crippen LogP contribution in [0.5, 0.6) is 0 Å². The summed E-state index contributed by atoms with van der Waals surface area (Å²) in [6.07, 6.45) is 33.7. The maximum Gasteiger partial charge on any atom is 0.469 e. The molecule has 1 heterocycles. The number of unbranched alkanes of at least 4 members (excludes halogenated alkanes) is 20. The Morgan fingerprint density at radius 2 is 1.26 bits per heavy atom. The van der Waals surface area contributed by atoms with E-state index in [1.807, 2.05) is 12.2 Å². The fourth-order valence-corrected chi connectivity index (χ4v) is 8.04. The topological polar surface area (TPSA) is 189 Å². The van der Waals surface area contributed by atoms with E-state index in [2.05, 4.69) is 25.3 Å². The van der Waals surface area contributed by atoms with Gasteiger partial charge in [-0.25, -0.2) is 4.57 Å². The van der Waals surface area contributed by atoms with E-state index >= 15 is 0 Å². The van der Waals surface area contributed by atoms with Crippen LogP contribution in [0.4, 0.5) is 0 Å². The van der Waals surface area contributed by atoms with Crippen LogP contribution < -0.4 is 0 Å². The molecule has 1 aliphatic rings. The van der Waals surface area contributed by atoms with Gasteiger partial charge in [-0.05, 0) is 38.0 Å². The van der Waals surface area contributed by atoms with E-state index in [0.717, 1.165) is 44.4 Å². The molecule has 1 aliphatic heterocycles. The maximum absolute atomic E-state index is 12.5. The smallest absolute Gasteiger partial charge is 0.462 e. The predicted octanol–water partition coefficient (Wildman–Crippen LogP) is 11.1. The summed E-state index contributed by atoms with van der Waals surface area (Å²) in [7, 11) is -4.83. The molecule has 13 heteroatoms. The molecule has 1 fully saturated rings. The molecule has 0 aliphatic carbocycles. The number of hydrogen-bond acceptors (Lipinski definition) is 10. The average molecular weight is 889 g/mol. The van der Waals surface area contributed by atoms with E-state index in [9.17, 15) is 29.5 Å². The number of phosphoric ester groups is 1. The highest BCUT2D eigenvalue weighted by Gasteiger charge is 2.35. The lowest BCUT2D eigenvalue weighted by Crippen LogP contribution is -2.43. The lowest BCUT2D eigenvalue weighted by Gasteiger charge is -2.36. The van der Waals surface area contributed by atoms with Crippen LogP contribution in [0, 0.1) is 11.8 Å². The standard InChI is InChI=1S/C48H89O12P/c1-4-6-25-31-41(49)35-36-45-43(44(50)37-48(53)60-45)32-27-23-24-28-33-46(51)57-38-42(39-58-61(54,55)56)59-47(52)34-29-22-20-18-16-14-12-10-8-7-9-11-13-15-17-19-21-26-30-40(3)5-2/h23,27,35-36,40-45,48-50,53H,4-22,24-26,28-34,37-39H2,1-3H3,(H2,54,55,56)/b27-23-,36-35+/t40?,41-,42+,43-,44-,45+,48?/m0/s1. The van der Waals surface area contributed by atoms with Crippen molar-refractivity contribution in [3.8, 4) is 0 Å². The minimum Gasteiger partial charge on any atom is -0.462 e. The number of esters is 2. The van der Waals surface area contributed by atoms with E-state index in [-0.39, 0.29) is 31.8 Å². The number of hydrogen-bond donors (Lipinski definition) is 5. The van der Waals surface area contributed by atoms with Crippen LogP contribution in [-0.4, -0.2) is 81.0 Å². The molecule has 2 unspecified atom stereocenters. The normalized spacial score (nSPS) is 20.0. The Bertz CT molecular complexity index is 1180. The van der Waals surface area contributed by atoms with Gasteiger partial charge in [-0.15, -0.1) is 0 Å². The van der Waals surface area contributed by atoms with Crippen LogP contribution in [0.2, 0.25) is 0 Å². The van der Waals surface area contributed by atoms with Crippen LogP contribution in [0.15, 0.2) is 24.3 Å². The van der Waals surface area contributed by atoms with Crippen molar-refractivity contribution >= 4 is 19.8 Å². The Labute approximate surface area is 370 Å². The van der Waals surface area contributed by atoms with Gasteiger partial charge in [0.25, 0.3) is 0 Å². The van der Waals surface area contributed by atoms with Gasteiger partial charge in [-0.2, -0.15) is 0 Å². The summed E-state index contributed by atoms with van der Waals surface area (Å²) in [5.74, 6) is -0.491. The van der Waals surface area contributed by atoms with Gasteiger partial charge in [0, 0.05) is 25.2 Å². The summed E-state index contributed by atoms with van der Waals surface area (Å²) in [6.45, 7) is 5.76. The van der Waals surface area contributed by atoms with Gasteiger partial charge in [0.1, 0.15) is 6.61 Å². The first kappa shape index (κ1) is 57.4. The highest BCUT2D eigenvalue weighted by atomic mass is 31.2. The summed E-state index contributed by atoms with van der Waals surface area (Å²) < 4.78 is 32.1. The van der Waals surface area contributed by atoms with E-state index in [4.69, 9.17) is 24.0 Å². The summed E-state index contributed by atoms with van der Waals surface area (Å²) in [5, 5.41) is 30.9. The first-order valence-corrected chi connectivity index (χ1v) is 26.0. The second kappa shape index (κ2) is 37.7. The van der Waals surface area contributed by atoms with Crippen molar-refractivity contribution in [2.24, 2.45) is 11.8 Å². The van der Waals surface area contributed by atoms with Crippen molar-refractivity contribution in [1.82, 2.24) is 0 Å². The van der Waals surface area contributed by atoms with Crippen LogP contribution in [0.3, 0.4) is 0 Å². The van der Waals surface area contributed by atoms with E-state index < -0.39 is 57.1 Å². The minimum atomic E-state index is -4.83. The van der Waals surface area contributed by atoms with Gasteiger partial charge in [-0.1, -0.05) is 186 Å². The Morgan fingerprint density at radius 1 is 0.721 bits per heavy atom. The predicted molar refractivity (Wildman–Crippen MR) is 243 cm³/mol. The Balaban J connectivity index is 2.20. The minimum absolute atomic E-state index is 0.0754. The third-order valence-corrected chi connectivity index (χ3v) is 12.3. The van der Waals surface area contributed by atoms with Gasteiger partial charge in [-0.3, -0.25) is 14.1 Å². The number of phosphoric acid groups is 1. The van der Waals surface area contributed by atoms with Crippen LogP contribution in [-0.2, 0) is 32.9 Å². The van der Waals surface area contributed by atoms with E-state index in [0.29, 0.717) is 32.1 Å². The zero-order valence-electron chi connectivity index (χ0n) is 38.5. The molecule has 0 aromatic carbocycles. The lowest BCUT2D eigenvalue weighted by atomic mass is 9.87. The number of carbonyl (C=O) groups excluding carboxylic acids is 2. The molecule has 358 valence electrons. The first-order chi connectivity index (χ1) is 29.3. The van der Waals surface area contributed by atoms with Crippen LogP contribution in [0.25, 0.3) is 0 Å². The molecular weight excluding hydrogens is 799 g/mol. The summed E-state index contributed by atoms with van der Waals surface area (Å²) in [4.78, 5) is 43.3. The summed E-state index contributed by atoms with van der Waals surface area (Å²) in [6, 6.07) is 0. The molecule has 1 saturated heterocycles. The van der Waals surface area contributed by atoms with Gasteiger partial charge in [0.15, 0.2) is 12.4 Å². The lowest BCUT2D eigenvalue weighted by molar-refractivity contribution is -0.199. The second-order valence-corrected chi connectivity index (χ2v) is 18.8. The van der Waals surface area contributed by atoms with Gasteiger partial charge in [0.2, 0.25) is 0 Å². The van der Waals surface area contributed by atoms with Crippen molar-refractivity contribution in [3.05, 3.63) is 24.3 Å². The van der Waals surface area contributed by atoms with Gasteiger partial charge in [0.05, 0.1) is 24.9 Å². The highest BCUT2D eigenvalue weighted by molar-refractivity contribution is 7.46. The van der Waals surface area contributed by atoms with E-state index in [1.165, 1.54) is 103 Å². The second-order valence-electron chi connectivity index (χ2n) is 17.6. The number of rotatable bonds is 40. The quantitative estimate of drug-likeness (QED) is 0.0170. The van der Waals surface area contributed by atoms with Crippen molar-refractivity contribution < 1.29 is 58.0 Å². The zero-order valence-corrected chi connectivity index (χ0v) is 39.4. The van der Waals surface area contributed by atoms with Crippen molar-refractivity contribution in [3.63, 3.8) is 0 Å². The van der Waals surface area contributed by atoms with Crippen LogP contribution >= 0.6 is 7.82 Å². The summed E-state index contributed by atoms with van der Waals surface area (Å²) in [5.41, 5.74) is 0. The number of aliphatic hydroxyl groups is 3. The van der Waals surface area contributed by atoms with Crippen molar-refractivity contribution in [1.29, 1.82) is 0 Å². The molecule has 12 nitrogen and oxygen atoms in total. The SMILES string of the molecule is CCCCC[C@H](O)/C=C/[C@H]1OC(O)C[C@H](O)[C@@H]1C/C=C\CCCC(=O)OC[C@H](COP(=O)(O)O)OC(=O)CCCCCCCCCCCCCCCCCCCCC(C)CC. The highest BCUT2D eigenvalue weighted by Crippen LogP contribution is 2.36. The molecule has 5 N–H and O–H groups in total. The molecular formula is C48H89O12P. The van der Waals surface area contributed by atoms with E-state index in [1.54, 1.807) is 12.2 Å². The molecule has 61 heavy (non-hydrogen) atoms. The first-order valence-electron chi connectivity index (χ1n) is 24.4. The Kier molecular flexibility index (Phi) is 35.5. The number of aliphatic hydroxyl groups excluding tert-OH is 3. The average Bonchev–Trinajstić information content (AvgIpc) is 3.21. The van der Waals surface area contributed by atoms with Gasteiger partial charge < -0.3 is 39.3 Å². The zero-order chi connectivity index (χ0) is 45.0. The molecule has 0 amide bonds. The molecule has 0 radical (unpaired) electrons. The molecule has 0 saturated carbocycles. The molecule has 0 spiro atoms. The van der Waals surface area contributed by atoms with Crippen molar-refractivity contribution in [2.45, 2.75) is 244 Å². The number of ether oxygens (including phenoxy) is 3. The van der Waals surface area contributed by atoms with Crippen LogP contribution in [0.1, 0.15) is 213 Å². The number of carbonyl (C=O) groups is 2. The third-order valence-electron chi connectivity index (χ3n) is 11.8. The Morgan fingerprint density at radius 3 is 1.82 bits per heavy atom. The molecule has 0 aromatic rings. The largest absolute Gasteiger partial charge is 0.469 e. The monoisotopic (exact) mass is 889 g/mol. The van der Waals surface area contributed by atoms with Crippen molar-refractivity contribution in [2.75, 3.05) is 13.2 Å². The maximum atomic E-state index is 12.5. The van der Waals surface area contributed by atoms with Gasteiger partial charge >= 0.3 is 19.8 Å². The fourth-order valence-electron chi connectivity index (χ4n) is 7.68. The molecule has 0 aromatic heterocycles. The fraction of sp³-hybridized carbons (Fsp3) is 0.875.